The summed E-state index contributed by atoms with van der Waals surface area (Å²) in [6.45, 7) is -0.0963. The third kappa shape index (κ3) is 3.26. The molecule has 1 aliphatic carbocycles. The van der Waals surface area contributed by atoms with Crippen molar-refractivity contribution >= 4 is 22.5 Å². The number of nitrogens with one attached hydrogen (secondary N) is 2. The Hall–Kier alpha value is -2.22. The Kier molecular flexibility index (Phi) is 4.16. The maximum absolute atomic E-state index is 13.9. The third-order valence-corrected chi connectivity index (χ3v) is 4.62. The molecule has 0 bridgehead atoms. The van der Waals surface area contributed by atoms with Gasteiger partial charge in [-0.15, -0.1) is 0 Å². The zero-order valence-electron chi connectivity index (χ0n) is 12.3. The van der Waals surface area contributed by atoms with Gasteiger partial charge in [-0.05, 0) is 5.56 Å². The second kappa shape index (κ2) is 6.11. The molecule has 1 aliphatic rings. The van der Waals surface area contributed by atoms with Gasteiger partial charge in [0.1, 0.15) is 0 Å². The van der Waals surface area contributed by atoms with Gasteiger partial charge in [0, 0.05) is 6.54 Å². The van der Waals surface area contributed by atoms with Gasteiger partial charge in [-0.1, -0.05) is 41.7 Å². The predicted molar refractivity (Wildman–Crippen MR) is 83.3 cm³/mol. The van der Waals surface area contributed by atoms with E-state index in [-0.39, 0.29) is 6.54 Å². The highest BCUT2D eigenvalue weighted by Gasteiger charge is 2.68. The second-order valence-corrected chi connectivity index (χ2v) is 6.19. The first kappa shape index (κ1) is 15.7. The molecule has 8 heteroatoms. The van der Waals surface area contributed by atoms with Gasteiger partial charge in [-0.2, -0.15) is 0 Å². The number of anilines is 1. The molecular weight excluding hydrogens is 324 g/mol. The number of hydrogen-bond acceptors (Lipinski definition) is 4. The number of aromatic nitrogens is 1. The van der Waals surface area contributed by atoms with Crippen molar-refractivity contribution in [2.75, 3.05) is 19.0 Å². The molecule has 0 unspecified atom stereocenters. The molecule has 0 radical (unpaired) electrons. The number of urea groups is 1. The first-order chi connectivity index (χ1) is 11.0. The maximum Gasteiger partial charge on any atom is 0.321 e. The van der Waals surface area contributed by atoms with E-state index in [0.717, 1.165) is 11.3 Å². The summed E-state index contributed by atoms with van der Waals surface area (Å²) in [5, 5.41) is 5.87. The zero-order chi connectivity index (χ0) is 16.4. The van der Waals surface area contributed by atoms with Crippen LogP contribution in [0, 0.1) is 5.92 Å². The number of rotatable bonds is 5. The van der Waals surface area contributed by atoms with E-state index in [1.165, 1.54) is 13.3 Å². The molecule has 0 saturated heterocycles. The summed E-state index contributed by atoms with van der Waals surface area (Å²) in [6, 6.07) is 8.05. The average Bonchev–Trinajstić information content (AvgIpc) is 2.86. The van der Waals surface area contributed by atoms with Crippen molar-refractivity contribution in [3.63, 3.8) is 0 Å². The molecule has 0 aliphatic heterocycles. The Morgan fingerprint density at radius 3 is 2.78 bits per heavy atom. The van der Waals surface area contributed by atoms with Crippen LogP contribution in [0.5, 0.6) is 5.06 Å². The fourth-order valence-corrected chi connectivity index (χ4v) is 3.14. The van der Waals surface area contributed by atoms with E-state index in [9.17, 15) is 13.6 Å². The van der Waals surface area contributed by atoms with Crippen LogP contribution in [-0.2, 0) is 0 Å². The molecule has 3 rings (SSSR count). The second-order valence-electron chi connectivity index (χ2n) is 5.19. The van der Waals surface area contributed by atoms with E-state index in [1.54, 1.807) is 30.3 Å². The normalized spacial score (nSPS) is 21.5. The molecule has 1 aromatic carbocycles. The topological polar surface area (TPSA) is 63.2 Å². The van der Waals surface area contributed by atoms with Crippen molar-refractivity contribution in [3.05, 3.63) is 42.1 Å². The van der Waals surface area contributed by atoms with E-state index in [4.69, 9.17) is 4.74 Å². The van der Waals surface area contributed by atoms with E-state index < -0.39 is 23.8 Å². The smallest absolute Gasteiger partial charge is 0.321 e. The maximum atomic E-state index is 13.9. The largest absolute Gasteiger partial charge is 0.486 e. The van der Waals surface area contributed by atoms with Crippen molar-refractivity contribution in [1.29, 1.82) is 0 Å². The van der Waals surface area contributed by atoms with Gasteiger partial charge in [-0.25, -0.2) is 18.6 Å². The molecule has 2 N–H and O–H groups in total. The lowest BCUT2D eigenvalue weighted by molar-refractivity contribution is 0.0936. The van der Waals surface area contributed by atoms with Crippen LogP contribution in [0.3, 0.4) is 0 Å². The fraction of sp³-hybridized carbons (Fsp3) is 0.333. The number of benzene rings is 1. The minimum atomic E-state index is -2.79. The summed E-state index contributed by atoms with van der Waals surface area (Å²) < 4.78 is 32.7. The van der Waals surface area contributed by atoms with Gasteiger partial charge in [0.05, 0.1) is 25.1 Å². The third-order valence-electron chi connectivity index (χ3n) is 3.75. The summed E-state index contributed by atoms with van der Waals surface area (Å²) in [6.07, 6.45) is 1.47. The molecule has 1 saturated carbocycles. The zero-order valence-corrected chi connectivity index (χ0v) is 13.1. The monoisotopic (exact) mass is 339 g/mol. The summed E-state index contributed by atoms with van der Waals surface area (Å²) in [4.78, 5) is 15.7. The highest BCUT2D eigenvalue weighted by molar-refractivity contribution is 7.17. The van der Waals surface area contributed by atoms with Crippen LogP contribution < -0.4 is 15.4 Å². The first-order valence-electron chi connectivity index (χ1n) is 7.00. The molecule has 0 spiro atoms. The van der Waals surface area contributed by atoms with Crippen molar-refractivity contribution in [2.45, 2.75) is 11.8 Å². The van der Waals surface area contributed by atoms with Gasteiger partial charge in [0.15, 0.2) is 10.2 Å². The number of halogens is 2. The number of carbonyl (C=O) groups is 1. The Labute approximate surface area is 135 Å². The number of carbonyl (C=O) groups excluding carboxylic acids is 1. The van der Waals surface area contributed by atoms with Crippen LogP contribution in [0.4, 0.5) is 18.7 Å². The Morgan fingerprint density at radius 2 is 2.13 bits per heavy atom. The number of ether oxygens (including phenoxy) is 1. The number of methoxy groups -OCH3 is 1. The van der Waals surface area contributed by atoms with Gasteiger partial charge < -0.3 is 10.1 Å². The van der Waals surface area contributed by atoms with E-state index in [2.05, 4.69) is 15.6 Å². The predicted octanol–water partition coefficient (Wildman–Crippen LogP) is 3.32. The van der Waals surface area contributed by atoms with E-state index in [0.29, 0.717) is 15.8 Å². The summed E-state index contributed by atoms with van der Waals surface area (Å²) >= 11 is 1.15. The minimum Gasteiger partial charge on any atom is -0.486 e. The van der Waals surface area contributed by atoms with Gasteiger partial charge in [0.2, 0.25) is 0 Å². The fourth-order valence-electron chi connectivity index (χ4n) is 2.51. The van der Waals surface area contributed by atoms with Crippen LogP contribution in [0.2, 0.25) is 0 Å². The lowest BCUT2D eigenvalue weighted by Crippen LogP contribution is -2.31. The quantitative estimate of drug-likeness (QED) is 0.878. The number of nitrogens with zero attached hydrogens (tertiary/aromatic N) is 1. The summed E-state index contributed by atoms with van der Waals surface area (Å²) in [7, 11) is 1.50. The number of thiazole rings is 1. The Bertz CT molecular complexity index is 693. The molecule has 5 nitrogen and oxygen atoms in total. The van der Waals surface area contributed by atoms with Gasteiger partial charge in [-0.3, -0.25) is 5.32 Å². The van der Waals surface area contributed by atoms with E-state index in [1.807, 2.05) is 0 Å². The van der Waals surface area contributed by atoms with Crippen LogP contribution in [0.15, 0.2) is 36.5 Å². The highest BCUT2D eigenvalue weighted by atomic mass is 32.1. The molecule has 2 aromatic rings. The van der Waals surface area contributed by atoms with Crippen molar-refractivity contribution in [2.24, 2.45) is 5.92 Å². The Balaban J connectivity index is 1.53. The van der Waals surface area contributed by atoms with Crippen LogP contribution in [0.25, 0.3) is 0 Å². The molecule has 2 atom stereocenters. The number of hydrogen-bond donors (Lipinski definition) is 2. The number of alkyl halides is 2. The molecule has 23 heavy (non-hydrogen) atoms. The SMILES string of the molecule is COc1cnc(NC(=O)NC[C@@H]2[C@@H](c3ccccc3)C2(F)F)s1. The Morgan fingerprint density at radius 1 is 1.39 bits per heavy atom. The van der Waals surface area contributed by atoms with Crippen molar-refractivity contribution < 1.29 is 18.3 Å². The van der Waals surface area contributed by atoms with Crippen molar-refractivity contribution in [3.8, 4) is 5.06 Å². The van der Waals surface area contributed by atoms with Crippen LogP contribution >= 0.6 is 11.3 Å². The van der Waals surface area contributed by atoms with Crippen LogP contribution in [0.1, 0.15) is 11.5 Å². The van der Waals surface area contributed by atoms with Gasteiger partial charge in [0.25, 0.3) is 5.92 Å². The summed E-state index contributed by atoms with van der Waals surface area (Å²) in [5.41, 5.74) is 0.592. The van der Waals surface area contributed by atoms with Gasteiger partial charge >= 0.3 is 6.03 Å². The number of amides is 2. The van der Waals surface area contributed by atoms with Crippen molar-refractivity contribution in [1.82, 2.24) is 10.3 Å². The highest BCUT2D eigenvalue weighted by Crippen LogP contribution is 2.61. The molecule has 2 amide bonds. The lowest BCUT2D eigenvalue weighted by atomic mass is 10.1. The lowest BCUT2D eigenvalue weighted by Gasteiger charge is -2.04. The molecule has 1 heterocycles. The molecule has 1 fully saturated rings. The minimum absolute atomic E-state index is 0.0963. The first-order valence-corrected chi connectivity index (χ1v) is 7.81. The van der Waals surface area contributed by atoms with E-state index >= 15 is 0 Å². The standard InChI is InChI=1S/C15H15F2N3O2S/c1-22-11-8-19-14(23-11)20-13(21)18-7-10-12(15(10,16)17)9-5-3-2-4-6-9/h2-6,8,10,12H,7H2,1H3,(H2,18,19,20,21)/t10-,12-/m1/s1. The molecule has 122 valence electrons. The molecular formula is C15H15F2N3O2S. The van der Waals surface area contributed by atoms with Crippen LogP contribution in [-0.4, -0.2) is 30.6 Å². The molecule has 1 aromatic heterocycles. The summed E-state index contributed by atoms with van der Waals surface area (Å²) in [5.74, 6) is -4.52. The average molecular weight is 339 g/mol.